The Labute approximate surface area is 70.7 Å². The highest BCUT2D eigenvalue weighted by molar-refractivity contribution is 5.81. The maximum absolute atomic E-state index is 11.0. The van der Waals surface area contributed by atoms with Crippen molar-refractivity contribution in [2.24, 2.45) is 0 Å². The third kappa shape index (κ3) is 1.29. The van der Waals surface area contributed by atoms with Crippen LogP contribution in [0.1, 0.15) is 25.7 Å². The molecular formula is C8H12N2O2. The Morgan fingerprint density at radius 1 is 0.917 bits per heavy atom. The summed E-state index contributed by atoms with van der Waals surface area (Å²) in [5, 5.41) is 5.77. The first kappa shape index (κ1) is 7.58. The molecule has 0 aromatic heterocycles. The zero-order valence-electron chi connectivity index (χ0n) is 6.80. The van der Waals surface area contributed by atoms with Crippen LogP contribution in [0.15, 0.2) is 0 Å². The minimum absolute atomic E-state index is 0.118. The Hall–Kier alpha value is -1.06. The minimum Gasteiger partial charge on any atom is -0.351 e. The highest BCUT2D eigenvalue weighted by atomic mass is 16.2. The molecule has 4 nitrogen and oxygen atoms in total. The summed E-state index contributed by atoms with van der Waals surface area (Å²) in [6.07, 6.45) is 2.67. The van der Waals surface area contributed by atoms with Crippen molar-refractivity contribution in [1.82, 2.24) is 10.6 Å². The van der Waals surface area contributed by atoms with Crippen molar-refractivity contribution in [3.8, 4) is 0 Å². The van der Waals surface area contributed by atoms with Gasteiger partial charge in [0, 0.05) is 24.9 Å². The van der Waals surface area contributed by atoms with Crippen molar-refractivity contribution in [2.45, 2.75) is 37.8 Å². The van der Waals surface area contributed by atoms with E-state index in [4.69, 9.17) is 0 Å². The summed E-state index contributed by atoms with van der Waals surface area (Å²) in [6.45, 7) is 0. The van der Waals surface area contributed by atoms with Crippen LogP contribution in [0.2, 0.25) is 0 Å². The molecular weight excluding hydrogens is 156 g/mol. The van der Waals surface area contributed by atoms with E-state index in [-0.39, 0.29) is 23.9 Å². The molecule has 0 aliphatic carbocycles. The number of hydrogen-bond donors (Lipinski definition) is 2. The van der Waals surface area contributed by atoms with Crippen LogP contribution in [-0.4, -0.2) is 23.9 Å². The van der Waals surface area contributed by atoms with E-state index in [1.807, 2.05) is 0 Å². The van der Waals surface area contributed by atoms with Crippen molar-refractivity contribution in [3.63, 3.8) is 0 Å². The van der Waals surface area contributed by atoms with Crippen molar-refractivity contribution in [3.05, 3.63) is 0 Å². The fraction of sp³-hybridized carbons (Fsp3) is 0.750. The smallest absolute Gasteiger partial charge is 0.220 e. The molecule has 0 aromatic rings. The zero-order chi connectivity index (χ0) is 8.55. The molecule has 0 unspecified atom stereocenters. The van der Waals surface area contributed by atoms with E-state index in [1.165, 1.54) is 0 Å². The van der Waals surface area contributed by atoms with Crippen molar-refractivity contribution in [1.29, 1.82) is 0 Å². The molecule has 0 saturated carbocycles. The molecule has 0 radical (unpaired) electrons. The molecule has 66 valence electrons. The molecule has 0 bridgehead atoms. The van der Waals surface area contributed by atoms with Gasteiger partial charge in [-0.05, 0) is 12.8 Å². The van der Waals surface area contributed by atoms with Gasteiger partial charge < -0.3 is 10.6 Å². The molecule has 2 fully saturated rings. The van der Waals surface area contributed by atoms with E-state index in [1.54, 1.807) is 0 Å². The van der Waals surface area contributed by atoms with Gasteiger partial charge in [0.1, 0.15) is 0 Å². The van der Waals surface area contributed by atoms with Crippen molar-refractivity contribution in [2.75, 3.05) is 0 Å². The molecule has 12 heavy (non-hydrogen) atoms. The molecule has 2 rings (SSSR count). The number of fused-ring (bicyclic) bond motifs is 1. The number of hydrogen-bond acceptors (Lipinski definition) is 2. The van der Waals surface area contributed by atoms with Gasteiger partial charge in [0.25, 0.3) is 0 Å². The molecule has 2 aliphatic rings. The van der Waals surface area contributed by atoms with E-state index in [0.717, 1.165) is 12.8 Å². The van der Waals surface area contributed by atoms with Crippen molar-refractivity contribution >= 4 is 11.8 Å². The molecule has 0 aromatic carbocycles. The second-order valence-electron chi connectivity index (χ2n) is 3.43. The predicted molar refractivity (Wildman–Crippen MR) is 42.3 cm³/mol. The first-order valence-electron chi connectivity index (χ1n) is 4.34. The Morgan fingerprint density at radius 2 is 1.33 bits per heavy atom. The minimum atomic E-state index is 0.118. The average Bonchev–Trinajstić information content (AvgIpc) is 2.05. The first-order chi connectivity index (χ1) is 5.75. The van der Waals surface area contributed by atoms with Crippen LogP contribution in [0, 0.1) is 0 Å². The molecule has 2 atom stereocenters. The average molecular weight is 168 g/mol. The van der Waals surface area contributed by atoms with Gasteiger partial charge in [-0.15, -0.1) is 0 Å². The number of rotatable bonds is 0. The maximum Gasteiger partial charge on any atom is 0.220 e. The first-order valence-corrected chi connectivity index (χ1v) is 4.34. The van der Waals surface area contributed by atoms with Crippen LogP contribution in [0.5, 0.6) is 0 Å². The van der Waals surface area contributed by atoms with Gasteiger partial charge in [0.15, 0.2) is 0 Å². The van der Waals surface area contributed by atoms with E-state index in [9.17, 15) is 9.59 Å². The molecule has 2 aliphatic heterocycles. The lowest BCUT2D eigenvalue weighted by molar-refractivity contribution is -0.129. The molecule has 0 spiro atoms. The SMILES string of the molecule is O=C1CC[C@H]2NC(=O)CC[C@H]2N1. The summed E-state index contributed by atoms with van der Waals surface area (Å²) >= 11 is 0. The Kier molecular flexibility index (Phi) is 1.75. The lowest BCUT2D eigenvalue weighted by Crippen LogP contribution is -2.58. The van der Waals surface area contributed by atoms with Gasteiger partial charge in [-0.1, -0.05) is 0 Å². The molecule has 2 saturated heterocycles. The number of amides is 2. The van der Waals surface area contributed by atoms with Crippen LogP contribution in [0.25, 0.3) is 0 Å². The van der Waals surface area contributed by atoms with E-state index in [0.29, 0.717) is 12.8 Å². The van der Waals surface area contributed by atoms with Crippen LogP contribution in [-0.2, 0) is 9.59 Å². The lowest BCUT2D eigenvalue weighted by Gasteiger charge is -2.36. The summed E-state index contributed by atoms with van der Waals surface area (Å²) in [6, 6.07) is 0.368. The second-order valence-corrected chi connectivity index (χ2v) is 3.43. The highest BCUT2D eigenvalue weighted by Crippen LogP contribution is 2.17. The summed E-state index contributed by atoms with van der Waals surface area (Å²) < 4.78 is 0. The number of nitrogens with one attached hydrogen (secondary N) is 2. The summed E-state index contributed by atoms with van der Waals surface area (Å²) in [5.74, 6) is 0.236. The van der Waals surface area contributed by atoms with Gasteiger partial charge in [0.05, 0.1) is 0 Å². The topological polar surface area (TPSA) is 58.2 Å². The number of carbonyl (C=O) groups is 2. The van der Waals surface area contributed by atoms with Gasteiger partial charge in [-0.25, -0.2) is 0 Å². The normalized spacial score (nSPS) is 35.0. The Bertz CT molecular complexity index is 203. The van der Waals surface area contributed by atoms with Crippen LogP contribution in [0.4, 0.5) is 0 Å². The Balaban J connectivity index is 2.02. The summed E-state index contributed by atoms with van der Waals surface area (Å²) in [4.78, 5) is 22.0. The lowest BCUT2D eigenvalue weighted by atomic mass is 9.91. The second kappa shape index (κ2) is 2.77. The van der Waals surface area contributed by atoms with Gasteiger partial charge in [-0.2, -0.15) is 0 Å². The number of carbonyl (C=O) groups excluding carboxylic acids is 2. The fourth-order valence-corrected chi connectivity index (χ4v) is 1.88. The van der Waals surface area contributed by atoms with Crippen LogP contribution >= 0.6 is 0 Å². The van der Waals surface area contributed by atoms with E-state index >= 15 is 0 Å². The molecule has 2 amide bonds. The largest absolute Gasteiger partial charge is 0.351 e. The fourth-order valence-electron chi connectivity index (χ4n) is 1.88. The maximum atomic E-state index is 11.0. The van der Waals surface area contributed by atoms with Crippen LogP contribution < -0.4 is 10.6 Å². The molecule has 4 heteroatoms. The van der Waals surface area contributed by atoms with E-state index in [2.05, 4.69) is 10.6 Å². The van der Waals surface area contributed by atoms with E-state index < -0.39 is 0 Å². The predicted octanol–water partition coefficient (Wildman–Crippen LogP) is -0.456. The number of piperidine rings is 2. The third-order valence-electron chi connectivity index (χ3n) is 2.54. The van der Waals surface area contributed by atoms with Crippen LogP contribution in [0.3, 0.4) is 0 Å². The zero-order valence-corrected chi connectivity index (χ0v) is 6.80. The monoisotopic (exact) mass is 168 g/mol. The van der Waals surface area contributed by atoms with Gasteiger partial charge >= 0.3 is 0 Å². The molecule has 2 N–H and O–H groups in total. The Morgan fingerprint density at radius 3 is 1.75 bits per heavy atom. The van der Waals surface area contributed by atoms with Crippen molar-refractivity contribution < 1.29 is 9.59 Å². The molecule has 2 heterocycles. The van der Waals surface area contributed by atoms with Gasteiger partial charge in [0.2, 0.25) is 11.8 Å². The highest BCUT2D eigenvalue weighted by Gasteiger charge is 2.32. The third-order valence-corrected chi connectivity index (χ3v) is 2.54. The summed E-state index contributed by atoms with van der Waals surface area (Å²) in [5.41, 5.74) is 0. The quantitative estimate of drug-likeness (QED) is 0.514. The standard InChI is InChI=1S/C8H12N2O2/c11-7-3-1-5-6(10-7)2-4-8(12)9-5/h5-6H,1-4H2,(H,9,12)(H,10,11)/t5-,6-/m1/s1. The van der Waals surface area contributed by atoms with Gasteiger partial charge in [-0.3, -0.25) is 9.59 Å². The summed E-state index contributed by atoms with van der Waals surface area (Å²) in [7, 11) is 0.